The third-order valence-electron chi connectivity index (χ3n) is 5.56. The Hall–Kier alpha value is -2.68. The maximum atomic E-state index is 13.6. The third-order valence-corrected chi connectivity index (χ3v) is 6.85. The Morgan fingerprint density at radius 3 is 2.53 bits per heavy atom. The Kier molecular flexibility index (Phi) is 6.11. The van der Waals surface area contributed by atoms with Gasteiger partial charge in [0.15, 0.2) is 0 Å². The first-order valence-electron chi connectivity index (χ1n) is 10.3. The van der Waals surface area contributed by atoms with Gasteiger partial charge in [-0.25, -0.2) is 4.39 Å². The first-order chi connectivity index (χ1) is 15.3. The lowest BCUT2D eigenvalue weighted by molar-refractivity contribution is -0.274. The van der Waals surface area contributed by atoms with Crippen molar-refractivity contribution in [2.75, 3.05) is 19.8 Å². The van der Waals surface area contributed by atoms with Crippen LogP contribution in [0.3, 0.4) is 0 Å². The first-order valence-corrected chi connectivity index (χ1v) is 11.2. The summed E-state index contributed by atoms with van der Waals surface area (Å²) >= 11 is 1.37. The second kappa shape index (κ2) is 8.69. The van der Waals surface area contributed by atoms with Crippen LogP contribution in [0.4, 0.5) is 17.6 Å². The van der Waals surface area contributed by atoms with Crippen LogP contribution >= 0.6 is 11.8 Å². The Morgan fingerprint density at radius 1 is 1.16 bits per heavy atom. The highest BCUT2D eigenvalue weighted by atomic mass is 32.2. The molecule has 0 fully saturated rings. The minimum absolute atomic E-state index is 0.0243. The number of amides is 1. The van der Waals surface area contributed by atoms with E-state index < -0.39 is 18.3 Å². The molecule has 0 saturated carbocycles. The third kappa shape index (κ3) is 3.94. The molecule has 0 saturated heterocycles. The lowest BCUT2D eigenvalue weighted by Gasteiger charge is -2.29. The van der Waals surface area contributed by atoms with Crippen molar-refractivity contribution in [1.29, 1.82) is 0 Å². The highest BCUT2D eigenvalue weighted by Gasteiger charge is 2.38. The van der Waals surface area contributed by atoms with Crippen LogP contribution in [0, 0.1) is 0 Å². The van der Waals surface area contributed by atoms with Crippen molar-refractivity contribution in [3.8, 4) is 17.0 Å². The van der Waals surface area contributed by atoms with Crippen molar-refractivity contribution in [3.05, 3.63) is 48.0 Å². The number of fused-ring (bicyclic) bond motifs is 5. The van der Waals surface area contributed by atoms with Crippen molar-refractivity contribution >= 4 is 28.6 Å². The molecule has 1 atom stereocenters. The normalized spacial score (nSPS) is 15.4. The number of alkyl halides is 4. The van der Waals surface area contributed by atoms with Gasteiger partial charge in [0, 0.05) is 40.0 Å². The van der Waals surface area contributed by atoms with E-state index in [4.69, 9.17) is 0 Å². The molecular formula is C23H22F4N2O2S. The number of aryl methyl sites for hydroxylation is 1. The number of carbonyl (C=O) groups is 1. The maximum Gasteiger partial charge on any atom is 0.573 e. The molecule has 4 nitrogen and oxygen atoms in total. The van der Waals surface area contributed by atoms with E-state index in [9.17, 15) is 22.4 Å². The Balaban J connectivity index is 2.01. The molecule has 1 unspecified atom stereocenters. The monoisotopic (exact) mass is 465 g/mol. The summed E-state index contributed by atoms with van der Waals surface area (Å²) in [6.07, 6.45) is -4.84. The minimum Gasteiger partial charge on any atom is -0.406 e. The fourth-order valence-electron chi connectivity index (χ4n) is 4.26. The van der Waals surface area contributed by atoms with Crippen molar-refractivity contribution < 1.29 is 27.1 Å². The quantitative estimate of drug-likeness (QED) is 0.407. The zero-order valence-electron chi connectivity index (χ0n) is 17.6. The van der Waals surface area contributed by atoms with Gasteiger partial charge >= 0.3 is 6.36 Å². The average molecular weight is 466 g/mol. The van der Waals surface area contributed by atoms with Crippen LogP contribution < -0.4 is 4.74 Å². The van der Waals surface area contributed by atoms with E-state index in [-0.39, 0.29) is 18.2 Å². The van der Waals surface area contributed by atoms with Crippen LogP contribution in [-0.2, 0) is 11.3 Å². The van der Waals surface area contributed by atoms with Gasteiger partial charge in [-0.3, -0.25) is 4.79 Å². The average Bonchev–Trinajstić information content (AvgIpc) is 3.07. The lowest BCUT2D eigenvalue weighted by atomic mass is 10.00. The van der Waals surface area contributed by atoms with Crippen LogP contribution in [0.25, 0.3) is 22.2 Å². The molecule has 32 heavy (non-hydrogen) atoms. The molecule has 9 heteroatoms. The largest absolute Gasteiger partial charge is 0.573 e. The Bertz CT molecular complexity index is 1150. The zero-order valence-corrected chi connectivity index (χ0v) is 18.4. The van der Waals surface area contributed by atoms with Gasteiger partial charge < -0.3 is 14.2 Å². The number of nitrogens with zero attached hydrogens (tertiary/aromatic N) is 2. The molecule has 1 aromatic heterocycles. The number of hydrogen-bond acceptors (Lipinski definition) is 3. The predicted octanol–water partition coefficient (Wildman–Crippen LogP) is 6.19. The molecule has 0 spiro atoms. The molecule has 2 heterocycles. The fraction of sp³-hybridized carbons (Fsp3) is 0.348. The number of halogens is 4. The van der Waals surface area contributed by atoms with Gasteiger partial charge in [0.2, 0.25) is 5.91 Å². The number of rotatable bonds is 6. The van der Waals surface area contributed by atoms with Gasteiger partial charge in [-0.1, -0.05) is 18.2 Å². The predicted molar refractivity (Wildman–Crippen MR) is 117 cm³/mol. The van der Waals surface area contributed by atoms with Crippen molar-refractivity contribution in [2.24, 2.45) is 0 Å². The van der Waals surface area contributed by atoms with Gasteiger partial charge in [0.05, 0.1) is 12.2 Å². The Labute approximate surface area is 187 Å². The molecule has 0 aliphatic carbocycles. The number of thioether (sulfide) groups is 1. The number of ether oxygens (including phenoxy) is 1. The summed E-state index contributed by atoms with van der Waals surface area (Å²) in [4.78, 5) is 16.0. The second-order valence-corrected chi connectivity index (χ2v) is 8.48. The van der Waals surface area contributed by atoms with E-state index in [1.165, 1.54) is 30.0 Å². The van der Waals surface area contributed by atoms with Gasteiger partial charge in [-0.15, -0.1) is 24.9 Å². The molecule has 170 valence electrons. The topological polar surface area (TPSA) is 34.5 Å². The highest BCUT2D eigenvalue weighted by molar-refractivity contribution is 8.00. The SMILES string of the molecule is CCN(CC)C(=O)C1Sc2ccccc2-c2c1c1cc(OC(F)(F)F)ccc1n2CC[18F]. The summed E-state index contributed by atoms with van der Waals surface area (Å²) < 4.78 is 58.0. The van der Waals surface area contributed by atoms with E-state index in [2.05, 4.69) is 4.74 Å². The molecule has 0 radical (unpaired) electrons. The van der Waals surface area contributed by atoms with E-state index in [1.54, 1.807) is 9.47 Å². The molecule has 3 aromatic rings. The lowest BCUT2D eigenvalue weighted by Crippen LogP contribution is -2.34. The van der Waals surface area contributed by atoms with Crippen LogP contribution in [0.15, 0.2) is 47.4 Å². The van der Waals surface area contributed by atoms with Crippen LogP contribution in [0.2, 0.25) is 0 Å². The van der Waals surface area contributed by atoms with E-state index >= 15 is 0 Å². The minimum atomic E-state index is -4.84. The molecule has 4 rings (SSSR count). The van der Waals surface area contributed by atoms with Crippen molar-refractivity contribution in [1.82, 2.24) is 9.47 Å². The number of carbonyl (C=O) groups excluding carboxylic acids is 1. The molecule has 1 aliphatic rings. The van der Waals surface area contributed by atoms with E-state index in [0.29, 0.717) is 35.2 Å². The molecule has 0 bridgehead atoms. The van der Waals surface area contributed by atoms with Crippen LogP contribution in [0.1, 0.15) is 24.7 Å². The summed E-state index contributed by atoms with van der Waals surface area (Å²) in [5.41, 5.74) is 2.67. The molecule has 2 aromatic carbocycles. The standard InChI is InChI=1S/C23H22F4N2O2S/c1-3-28(4-2)22(30)21-19-16-13-14(31-23(25,26)27)9-10-17(16)29(12-11-24)20(19)15-7-5-6-8-18(15)32-21/h5-10,13,21H,3-4,11-12H2,1-2H3/i24-1. The molecule has 0 N–H and O–H groups in total. The van der Waals surface area contributed by atoms with Crippen LogP contribution in [0.5, 0.6) is 5.75 Å². The van der Waals surface area contributed by atoms with Gasteiger partial charge in [-0.2, -0.15) is 0 Å². The van der Waals surface area contributed by atoms with Crippen molar-refractivity contribution in [2.45, 2.75) is 36.9 Å². The molecule has 1 amide bonds. The van der Waals surface area contributed by atoms with Crippen molar-refractivity contribution in [3.63, 3.8) is 0 Å². The van der Waals surface area contributed by atoms with Crippen LogP contribution in [-0.4, -0.2) is 41.5 Å². The zero-order chi connectivity index (χ0) is 23.0. The number of aromatic nitrogens is 1. The number of hydrogen-bond donors (Lipinski definition) is 0. The first kappa shape index (κ1) is 22.5. The van der Waals surface area contributed by atoms with E-state index in [1.807, 2.05) is 38.1 Å². The van der Waals surface area contributed by atoms with Gasteiger partial charge in [0.25, 0.3) is 0 Å². The Morgan fingerprint density at radius 2 is 1.88 bits per heavy atom. The van der Waals surface area contributed by atoms with Gasteiger partial charge in [-0.05, 0) is 38.1 Å². The highest BCUT2D eigenvalue weighted by Crippen LogP contribution is 2.53. The smallest absolute Gasteiger partial charge is 0.406 e. The summed E-state index contributed by atoms with van der Waals surface area (Å²) in [6.45, 7) is 4.15. The summed E-state index contributed by atoms with van der Waals surface area (Å²) in [7, 11) is 0. The second-order valence-electron chi connectivity index (χ2n) is 7.33. The van der Waals surface area contributed by atoms with Gasteiger partial charge in [0.1, 0.15) is 17.7 Å². The number of benzene rings is 2. The fourth-order valence-corrected chi connectivity index (χ4v) is 5.56. The maximum absolute atomic E-state index is 13.6. The van der Waals surface area contributed by atoms with E-state index in [0.717, 1.165) is 10.5 Å². The summed E-state index contributed by atoms with van der Waals surface area (Å²) in [6, 6.07) is 11.5. The molecule has 1 aliphatic heterocycles. The number of likely N-dealkylation sites (N-methyl/N-ethyl adjacent to an activating group) is 1. The summed E-state index contributed by atoms with van der Waals surface area (Å²) in [5, 5.41) is -0.202. The summed E-state index contributed by atoms with van der Waals surface area (Å²) in [5.74, 6) is -0.500. The molecular weight excluding hydrogens is 443 g/mol.